The third-order valence-electron chi connectivity index (χ3n) is 4.45. The van der Waals surface area contributed by atoms with E-state index < -0.39 is 23.5 Å². The molecule has 2 heterocycles. The number of aliphatic hydroxyl groups is 1. The van der Waals surface area contributed by atoms with Crippen molar-refractivity contribution in [3.8, 4) is 0 Å². The number of Topliss-reactive ketones (excluding diaryl/α,β-unsaturated/α-hetero) is 1. The molecule has 1 N–H and O–H groups in total. The molecule has 28 heavy (non-hydrogen) atoms. The van der Waals surface area contributed by atoms with Crippen LogP contribution in [0.3, 0.4) is 0 Å². The van der Waals surface area contributed by atoms with Gasteiger partial charge < -0.3 is 5.11 Å². The Morgan fingerprint density at radius 3 is 2.21 bits per heavy atom. The third kappa shape index (κ3) is 2.92. The molecule has 0 saturated carbocycles. The van der Waals surface area contributed by atoms with E-state index in [1.807, 2.05) is 0 Å². The van der Waals surface area contributed by atoms with Crippen LogP contribution in [0.5, 0.6) is 0 Å². The minimum absolute atomic E-state index is 0.0195. The van der Waals surface area contributed by atoms with Gasteiger partial charge in [0.2, 0.25) is 5.95 Å². The molecule has 0 radical (unpaired) electrons. The highest BCUT2D eigenvalue weighted by Crippen LogP contribution is 2.40. The highest BCUT2D eigenvalue weighted by molar-refractivity contribution is 6.51. The fourth-order valence-electron chi connectivity index (χ4n) is 3.17. The predicted molar refractivity (Wildman–Crippen MR) is 99.7 cm³/mol. The molecule has 0 bridgehead atoms. The van der Waals surface area contributed by atoms with E-state index in [4.69, 9.17) is 0 Å². The minimum Gasteiger partial charge on any atom is -0.507 e. The highest BCUT2D eigenvalue weighted by Gasteiger charge is 2.48. The minimum atomic E-state index is -0.983. The van der Waals surface area contributed by atoms with E-state index in [1.54, 1.807) is 36.4 Å². The van der Waals surface area contributed by atoms with Crippen LogP contribution in [0, 0.1) is 5.82 Å². The molecule has 3 aromatic rings. The molecule has 1 saturated heterocycles. The number of benzene rings is 2. The van der Waals surface area contributed by atoms with Gasteiger partial charge in [0.15, 0.2) is 0 Å². The van der Waals surface area contributed by atoms with Gasteiger partial charge in [-0.2, -0.15) is 0 Å². The molecule has 6 nitrogen and oxygen atoms in total. The van der Waals surface area contributed by atoms with Crippen LogP contribution in [-0.2, 0) is 9.59 Å². The second-order valence-corrected chi connectivity index (χ2v) is 6.14. The van der Waals surface area contributed by atoms with Gasteiger partial charge in [-0.3, -0.25) is 14.5 Å². The first kappa shape index (κ1) is 17.5. The summed E-state index contributed by atoms with van der Waals surface area (Å²) < 4.78 is 13.4. The van der Waals surface area contributed by atoms with E-state index in [2.05, 4.69) is 9.97 Å². The molecule has 138 valence electrons. The Morgan fingerprint density at radius 1 is 0.929 bits per heavy atom. The van der Waals surface area contributed by atoms with Crippen LogP contribution >= 0.6 is 0 Å². The second-order valence-electron chi connectivity index (χ2n) is 6.14. The summed E-state index contributed by atoms with van der Waals surface area (Å²) in [6, 6.07) is 14.4. The molecule has 1 aliphatic rings. The Labute approximate surface area is 159 Å². The zero-order valence-corrected chi connectivity index (χ0v) is 14.5. The molecule has 1 unspecified atom stereocenters. The number of carbonyl (C=O) groups excluding carboxylic acids is 2. The van der Waals surface area contributed by atoms with Gasteiger partial charge in [-0.05, 0) is 23.8 Å². The van der Waals surface area contributed by atoms with E-state index in [-0.39, 0.29) is 17.3 Å². The van der Waals surface area contributed by atoms with Crippen molar-refractivity contribution < 1.29 is 19.1 Å². The molecule has 7 heteroatoms. The molecule has 1 amide bonds. The fourth-order valence-corrected chi connectivity index (χ4v) is 3.17. The Morgan fingerprint density at radius 2 is 1.57 bits per heavy atom. The van der Waals surface area contributed by atoms with E-state index >= 15 is 0 Å². The van der Waals surface area contributed by atoms with Gasteiger partial charge in [0, 0.05) is 18.0 Å². The lowest BCUT2D eigenvalue weighted by molar-refractivity contribution is -0.132. The van der Waals surface area contributed by atoms with Crippen LogP contribution in [0.2, 0.25) is 0 Å². The van der Waals surface area contributed by atoms with Crippen molar-refractivity contribution in [1.82, 2.24) is 9.97 Å². The van der Waals surface area contributed by atoms with Crippen LogP contribution in [0.15, 0.2) is 78.6 Å². The lowest BCUT2D eigenvalue weighted by Gasteiger charge is -2.23. The largest absolute Gasteiger partial charge is 0.507 e. The summed E-state index contributed by atoms with van der Waals surface area (Å²) in [5.41, 5.74) is 0.738. The molecule has 1 atom stereocenters. The SMILES string of the molecule is O=C1C(=O)N(c2ncccn2)C(c2ccc(F)cc2)C1=C(O)c1ccccc1. The van der Waals surface area contributed by atoms with Gasteiger partial charge >= 0.3 is 5.91 Å². The Hall–Kier alpha value is -3.87. The maximum absolute atomic E-state index is 13.4. The van der Waals surface area contributed by atoms with Crippen molar-refractivity contribution in [1.29, 1.82) is 0 Å². The Bertz CT molecular complexity index is 1070. The molecule has 4 rings (SSSR count). The summed E-state index contributed by atoms with van der Waals surface area (Å²) in [6.45, 7) is 0. The van der Waals surface area contributed by atoms with Crippen molar-refractivity contribution >= 4 is 23.4 Å². The number of anilines is 1. The molecule has 1 aromatic heterocycles. The third-order valence-corrected chi connectivity index (χ3v) is 4.45. The number of rotatable bonds is 3. The lowest BCUT2D eigenvalue weighted by Crippen LogP contribution is -2.31. The molecular formula is C21H14FN3O3. The van der Waals surface area contributed by atoms with Crippen LogP contribution in [0.25, 0.3) is 5.76 Å². The van der Waals surface area contributed by atoms with Gasteiger partial charge in [-0.15, -0.1) is 0 Å². The number of hydrogen-bond acceptors (Lipinski definition) is 5. The summed E-state index contributed by atoms with van der Waals surface area (Å²) in [4.78, 5) is 34.8. The number of ketones is 1. The first-order valence-corrected chi connectivity index (χ1v) is 8.47. The Balaban J connectivity index is 1.95. The van der Waals surface area contributed by atoms with Crippen molar-refractivity contribution in [2.45, 2.75) is 6.04 Å². The number of hydrogen-bond donors (Lipinski definition) is 1. The van der Waals surface area contributed by atoms with Gasteiger partial charge in [0.25, 0.3) is 5.78 Å². The first-order chi connectivity index (χ1) is 13.6. The molecule has 1 aliphatic heterocycles. The van der Waals surface area contributed by atoms with Crippen LogP contribution < -0.4 is 4.90 Å². The monoisotopic (exact) mass is 375 g/mol. The van der Waals surface area contributed by atoms with Gasteiger partial charge in [0.1, 0.15) is 11.6 Å². The number of nitrogens with zero attached hydrogens (tertiary/aromatic N) is 3. The van der Waals surface area contributed by atoms with Crippen molar-refractivity contribution in [2.75, 3.05) is 4.90 Å². The normalized spacial score (nSPS) is 18.5. The van der Waals surface area contributed by atoms with Crippen LogP contribution in [0.1, 0.15) is 17.2 Å². The summed E-state index contributed by atoms with van der Waals surface area (Å²) in [7, 11) is 0. The second kappa shape index (κ2) is 7.03. The quantitative estimate of drug-likeness (QED) is 0.432. The van der Waals surface area contributed by atoms with Crippen molar-refractivity contribution in [3.05, 3.63) is 95.6 Å². The summed E-state index contributed by atoms with van der Waals surface area (Å²) in [5, 5.41) is 10.8. The van der Waals surface area contributed by atoms with Gasteiger partial charge in [-0.1, -0.05) is 42.5 Å². The zero-order chi connectivity index (χ0) is 19.7. The topological polar surface area (TPSA) is 83.4 Å². The number of carbonyl (C=O) groups is 2. The van der Waals surface area contributed by atoms with Crippen molar-refractivity contribution in [3.63, 3.8) is 0 Å². The maximum atomic E-state index is 13.4. The number of aromatic nitrogens is 2. The van der Waals surface area contributed by atoms with E-state index in [0.29, 0.717) is 11.1 Å². The highest BCUT2D eigenvalue weighted by atomic mass is 19.1. The smallest absolute Gasteiger partial charge is 0.302 e. The van der Waals surface area contributed by atoms with Crippen LogP contribution in [-0.4, -0.2) is 26.8 Å². The lowest BCUT2D eigenvalue weighted by atomic mass is 9.95. The molecular weight excluding hydrogens is 361 g/mol. The van der Waals surface area contributed by atoms with Crippen LogP contribution in [0.4, 0.5) is 10.3 Å². The summed E-state index contributed by atoms with van der Waals surface area (Å²) in [5.74, 6) is -2.47. The van der Waals surface area contributed by atoms with E-state index in [0.717, 1.165) is 4.90 Å². The van der Waals surface area contributed by atoms with E-state index in [9.17, 15) is 19.1 Å². The average Bonchev–Trinajstić information content (AvgIpc) is 3.00. The summed E-state index contributed by atoms with van der Waals surface area (Å²) >= 11 is 0. The molecule has 0 spiro atoms. The number of amides is 1. The fraction of sp³-hybridized carbons (Fsp3) is 0.0476. The van der Waals surface area contributed by atoms with Gasteiger partial charge in [-0.25, -0.2) is 14.4 Å². The average molecular weight is 375 g/mol. The summed E-state index contributed by atoms with van der Waals surface area (Å²) in [6.07, 6.45) is 2.89. The van der Waals surface area contributed by atoms with Crippen molar-refractivity contribution in [2.24, 2.45) is 0 Å². The number of halogens is 1. The molecule has 0 aliphatic carbocycles. The first-order valence-electron chi connectivity index (χ1n) is 8.47. The molecule has 1 fully saturated rings. The standard InChI is InChI=1S/C21H14FN3O3/c22-15-9-7-13(8-10-15)17-16(18(26)14-5-2-1-3-6-14)19(27)20(28)25(17)21-23-11-4-12-24-21/h1-12,17,26H. The maximum Gasteiger partial charge on any atom is 0.302 e. The van der Waals surface area contributed by atoms with E-state index in [1.165, 1.54) is 36.7 Å². The predicted octanol–water partition coefficient (Wildman–Crippen LogP) is 3.24. The zero-order valence-electron chi connectivity index (χ0n) is 14.5. The number of aliphatic hydroxyl groups excluding tert-OH is 1. The molecule has 2 aromatic carbocycles. The van der Waals surface area contributed by atoms with Gasteiger partial charge in [0.05, 0.1) is 11.6 Å². The Kier molecular flexibility index (Phi) is 4.41.